The van der Waals surface area contributed by atoms with E-state index < -0.39 is 0 Å². The maximum Gasteiger partial charge on any atom is 0.0281 e. The summed E-state index contributed by atoms with van der Waals surface area (Å²) in [6.45, 7) is 2.18. The lowest BCUT2D eigenvalue weighted by atomic mass is 9.77. The number of allylic oxidation sites excluding steroid dienone is 12. The van der Waals surface area contributed by atoms with Gasteiger partial charge in [-0.25, -0.2) is 0 Å². The molecular weight excluding hydrogens is 444 g/mol. The van der Waals surface area contributed by atoms with Gasteiger partial charge in [-0.1, -0.05) is 103 Å². The minimum absolute atomic E-state index is 0.425. The summed E-state index contributed by atoms with van der Waals surface area (Å²) in [7, 11) is 0. The van der Waals surface area contributed by atoms with Crippen LogP contribution in [0.15, 0.2) is 119 Å². The molecule has 0 heteroatoms. The van der Waals surface area contributed by atoms with E-state index in [1.54, 1.807) is 0 Å². The van der Waals surface area contributed by atoms with Crippen molar-refractivity contribution >= 4 is 0 Å². The van der Waals surface area contributed by atoms with E-state index in [1.807, 2.05) is 0 Å². The van der Waals surface area contributed by atoms with E-state index in [0.717, 1.165) is 24.7 Å². The average molecular weight is 485 g/mol. The zero-order chi connectivity index (χ0) is 25.0. The number of aryl methyl sites for hydroxylation is 1. The van der Waals surface area contributed by atoms with E-state index in [2.05, 4.69) is 104 Å². The van der Waals surface area contributed by atoms with Crippen LogP contribution < -0.4 is 0 Å². The van der Waals surface area contributed by atoms with Gasteiger partial charge in [0.1, 0.15) is 0 Å². The Morgan fingerprint density at radius 3 is 1.97 bits per heavy atom. The lowest BCUT2D eigenvalue weighted by molar-refractivity contribution is 0.272. The molecule has 188 valence electrons. The summed E-state index contributed by atoms with van der Waals surface area (Å²) in [5.41, 5.74) is 11.7. The Bertz CT molecular complexity index is 1280. The van der Waals surface area contributed by atoms with Gasteiger partial charge in [0.25, 0.3) is 0 Å². The van der Waals surface area contributed by atoms with Crippen molar-refractivity contribution in [3.05, 3.63) is 142 Å². The highest BCUT2D eigenvalue weighted by Gasteiger charge is 2.26. The molecule has 2 aromatic rings. The minimum atomic E-state index is 0.425. The SMILES string of the molecule is Cc1ccc(CC2CCC(Cc3ccc(CC4=CC=C(C5=CCCC=C5)C5C=CC=C45)cc3)CC2)cc1. The van der Waals surface area contributed by atoms with E-state index in [4.69, 9.17) is 0 Å². The fourth-order valence-corrected chi connectivity index (χ4v) is 6.75. The summed E-state index contributed by atoms with van der Waals surface area (Å²) in [4.78, 5) is 0. The minimum Gasteiger partial charge on any atom is -0.0836 e. The zero-order valence-electron chi connectivity index (χ0n) is 22.3. The predicted octanol–water partition coefficient (Wildman–Crippen LogP) is 9.38. The number of hydrogen-bond donors (Lipinski definition) is 0. The second kappa shape index (κ2) is 11.1. The average Bonchev–Trinajstić information content (AvgIpc) is 3.44. The smallest absolute Gasteiger partial charge is 0.0281 e. The summed E-state index contributed by atoms with van der Waals surface area (Å²) in [5.74, 6) is 2.14. The van der Waals surface area contributed by atoms with Crippen LogP contribution in [0, 0.1) is 24.7 Å². The summed E-state index contributed by atoms with van der Waals surface area (Å²) in [6, 6.07) is 18.7. The van der Waals surface area contributed by atoms with Crippen LogP contribution in [0.1, 0.15) is 60.8 Å². The van der Waals surface area contributed by atoms with Gasteiger partial charge in [0.15, 0.2) is 0 Å². The van der Waals surface area contributed by atoms with Gasteiger partial charge in [-0.05, 0) is 116 Å². The van der Waals surface area contributed by atoms with Crippen molar-refractivity contribution < 1.29 is 0 Å². The molecule has 0 saturated heterocycles. The second-order valence-corrected chi connectivity index (χ2v) is 11.7. The lowest BCUT2D eigenvalue weighted by Crippen LogP contribution is -2.18. The summed E-state index contributed by atoms with van der Waals surface area (Å²) < 4.78 is 0. The van der Waals surface area contributed by atoms with Crippen LogP contribution in [0.5, 0.6) is 0 Å². The largest absolute Gasteiger partial charge is 0.0836 e. The monoisotopic (exact) mass is 484 g/mol. The standard InChI is InChI=1S/C37H40/c1-27-10-12-28(13-11-27)24-29-14-16-30(17-15-29)25-31-18-20-32(21-19-31)26-34-22-23-36(33-6-3-2-4-7-33)37-9-5-8-35(34)37/h3,5-13,18-23,29-30,37H,2,4,14-17,24-26H2,1H3. The van der Waals surface area contributed by atoms with Gasteiger partial charge in [-0.2, -0.15) is 0 Å². The molecule has 4 aliphatic carbocycles. The molecule has 0 spiro atoms. The van der Waals surface area contributed by atoms with Gasteiger partial charge >= 0.3 is 0 Å². The first kappa shape index (κ1) is 24.2. The molecular formula is C37H40. The quantitative estimate of drug-likeness (QED) is 0.367. The fourth-order valence-electron chi connectivity index (χ4n) is 6.75. The fraction of sp³-hybridized carbons (Fsp3) is 0.351. The molecule has 1 fully saturated rings. The van der Waals surface area contributed by atoms with Crippen LogP contribution in [0.2, 0.25) is 0 Å². The molecule has 0 heterocycles. The van der Waals surface area contributed by atoms with Crippen LogP contribution in [-0.4, -0.2) is 0 Å². The summed E-state index contributed by atoms with van der Waals surface area (Å²) in [5, 5.41) is 0. The molecule has 6 rings (SSSR count). The maximum atomic E-state index is 2.41. The lowest BCUT2D eigenvalue weighted by Gasteiger charge is -2.29. The number of fused-ring (bicyclic) bond motifs is 1. The predicted molar refractivity (Wildman–Crippen MR) is 158 cm³/mol. The van der Waals surface area contributed by atoms with Gasteiger partial charge in [0.05, 0.1) is 0 Å². The first-order valence-corrected chi connectivity index (χ1v) is 14.5. The Morgan fingerprint density at radius 2 is 1.32 bits per heavy atom. The van der Waals surface area contributed by atoms with Crippen molar-refractivity contribution in [2.75, 3.05) is 0 Å². The highest BCUT2D eigenvalue weighted by molar-refractivity contribution is 5.60. The van der Waals surface area contributed by atoms with Crippen LogP contribution in [0.25, 0.3) is 0 Å². The topological polar surface area (TPSA) is 0 Å². The first-order chi connectivity index (χ1) is 18.2. The van der Waals surface area contributed by atoms with Crippen molar-refractivity contribution in [1.82, 2.24) is 0 Å². The van der Waals surface area contributed by atoms with E-state index in [0.29, 0.717) is 5.92 Å². The second-order valence-electron chi connectivity index (χ2n) is 11.7. The third-order valence-electron chi connectivity index (χ3n) is 8.97. The van der Waals surface area contributed by atoms with Crippen molar-refractivity contribution in [2.24, 2.45) is 17.8 Å². The third kappa shape index (κ3) is 5.74. The Hall–Kier alpha value is -3.12. The molecule has 0 nitrogen and oxygen atoms in total. The molecule has 0 radical (unpaired) electrons. The highest BCUT2D eigenvalue weighted by atomic mass is 14.3. The zero-order valence-corrected chi connectivity index (χ0v) is 22.3. The van der Waals surface area contributed by atoms with Gasteiger partial charge in [0.2, 0.25) is 0 Å². The summed E-state index contributed by atoms with van der Waals surface area (Å²) >= 11 is 0. The number of rotatable bonds is 7. The van der Waals surface area contributed by atoms with Gasteiger partial charge < -0.3 is 0 Å². The van der Waals surface area contributed by atoms with Crippen LogP contribution in [0.4, 0.5) is 0 Å². The molecule has 4 aliphatic rings. The molecule has 37 heavy (non-hydrogen) atoms. The van der Waals surface area contributed by atoms with Crippen molar-refractivity contribution in [2.45, 2.75) is 64.7 Å². The third-order valence-corrected chi connectivity index (χ3v) is 8.97. The first-order valence-electron chi connectivity index (χ1n) is 14.5. The Labute approximate surface area is 223 Å². The summed E-state index contributed by atoms with van der Waals surface area (Å²) in [6.07, 6.45) is 30.1. The van der Waals surface area contributed by atoms with E-state index in [-0.39, 0.29) is 0 Å². The number of benzene rings is 2. The highest BCUT2D eigenvalue weighted by Crippen LogP contribution is 2.41. The molecule has 1 saturated carbocycles. The number of hydrogen-bond acceptors (Lipinski definition) is 0. The molecule has 0 amide bonds. The molecule has 2 aromatic carbocycles. The van der Waals surface area contributed by atoms with Gasteiger partial charge in [0, 0.05) is 5.92 Å². The maximum absolute atomic E-state index is 2.41. The van der Waals surface area contributed by atoms with E-state index in [1.165, 1.54) is 89.5 Å². The molecule has 0 bridgehead atoms. The Morgan fingerprint density at radius 1 is 0.676 bits per heavy atom. The Balaban J connectivity index is 1.03. The molecule has 1 unspecified atom stereocenters. The normalized spacial score (nSPS) is 24.7. The Kier molecular flexibility index (Phi) is 7.27. The van der Waals surface area contributed by atoms with E-state index >= 15 is 0 Å². The van der Waals surface area contributed by atoms with Gasteiger partial charge in [-0.3, -0.25) is 0 Å². The van der Waals surface area contributed by atoms with Crippen LogP contribution in [0.3, 0.4) is 0 Å². The molecule has 0 N–H and O–H groups in total. The van der Waals surface area contributed by atoms with Crippen LogP contribution >= 0.6 is 0 Å². The van der Waals surface area contributed by atoms with Crippen molar-refractivity contribution in [3.63, 3.8) is 0 Å². The van der Waals surface area contributed by atoms with Crippen molar-refractivity contribution in [3.8, 4) is 0 Å². The van der Waals surface area contributed by atoms with Crippen molar-refractivity contribution in [1.29, 1.82) is 0 Å². The molecule has 0 aromatic heterocycles. The van der Waals surface area contributed by atoms with Crippen LogP contribution in [-0.2, 0) is 19.3 Å². The molecule has 1 atom stereocenters. The van der Waals surface area contributed by atoms with E-state index in [9.17, 15) is 0 Å². The molecule has 0 aliphatic heterocycles. The van der Waals surface area contributed by atoms with Gasteiger partial charge in [-0.15, -0.1) is 0 Å².